The fourth-order valence-electron chi connectivity index (χ4n) is 10.1. The summed E-state index contributed by atoms with van der Waals surface area (Å²) in [6.45, 7) is 5.31. The van der Waals surface area contributed by atoms with Crippen molar-refractivity contribution >= 4 is 38.9 Å². The molecular formula is C60H48Cl2SiZr. The Morgan fingerprint density at radius 2 is 0.500 bits per heavy atom. The molecule has 8 aromatic carbocycles. The molecule has 2 unspecified atom stereocenters. The van der Waals surface area contributed by atoms with Crippen molar-refractivity contribution in [2.75, 3.05) is 0 Å². The zero-order chi connectivity index (χ0) is 41.8. The maximum Gasteiger partial charge on any atom is -1.00 e. The van der Waals surface area contributed by atoms with Gasteiger partial charge >= 0.3 is 378 Å². The third-order valence-corrected chi connectivity index (χ3v) is 29.3. The van der Waals surface area contributed by atoms with Crippen LogP contribution < -0.4 is 24.8 Å². The molecule has 0 spiro atoms. The van der Waals surface area contributed by atoms with Gasteiger partial charge in [0.1, 0.15) is 0 Å². The van der Waals surface area contributed by atoms with Crippen molar-refractivity contribution in [1.82, 2.24) is 0 Å². The van der Waals surface area contributed by atoms with Crippen molar-refractivity contribution in [3.05, 3.63) is 294 Å². The fraction of sp³-hybridized carbons (Fsp3) is 0.0667. The standard InChI is InChI=1S/2C29H21.C2H6Si.2ClH.Zr/c2*1-5-13-22(14-6-1)26-21-27(23-15-7-2-8-16-23)29(25-19-11-4-12-20-25)28(26)24-17-9-3-10-18-24;1-3-2;;;/h2*1-20,26H;1-2H3;2*1H;/q;;;;;+2/p-2. The van der Waals surface area contributed by atoms with Gasteiger partial charge in [0.25, 0.3) is 0 Å². The van der Waals surface area contributed by atoms with Crippen LogP contribution in [0.1, 0.15) is 56.3 Å². The van der Waals surface area contributed by atoms with E-state index in [9.17, 15) is 0 Å². The predicted molar refractivity (Wildman–Crippen MR) is 262 cm³/mol. The molecule has 8 aromatic rings. The number of benzene rings is 8. The first-order valence-corrected chi connectivity index (χ1v) is 30.4. The minimum Gasteiger partial charge on any atom is -1.00 e. The van der Waals surface area contributed by atoms with Gasteiger partial charge in [0, 0.05) is 0 Å². The van der Waals surface area contributed by atoms with E-state index >= 15 is 0 Å². The van der Waals surface area contributed by atoms with Crippen molar-refractivity contribution in [3.8, 4) is 0 Å². The molecule has 0 radical (unpaired) electrons. The van der Waals surface area contributed by atoms with Gasteiger partial charge in [-0.25, -0.2) is 0 Å². The van der Waals surface area contributed by atoms with E-state index in [1.807, 2.05) is 0 Å². The molecule has 2 aliphatic carbocycles. The molecule has 0 heterocycles. The average Bonchev–Trinajstić information content (AvgIpc) is 3.88. The Morgan fingerprint density at radius 3 is 0.750 bits per heavy atom. The Morgan fingerprint density at radius 1 is 0.281 bits per heavy atom. The third kappa shape index (κ3) is 8.54. The quantitative estimate of drug-likeness (QED) is 0.120. The van der Waals surface area contributed by atoms with Gasteiger partial charge in [-0.1, -0.05) is 0 Å². The van der Waals surface area contributed by atoms with E-state index < -0.39 is 25.8 Å². The van der Waals surface area contributed by atoms with Gasteiger partial charge in [0.05, 0.1) is 0 Å². The summed E-state index contributed by atoms with van der Waals surface area (Å²) in [5, 5.41) is 0. The first-order valence-electron chi connectivity index (χ1n) is 21.8. The molecule has 0 saturated carbocycles. The normalized spacial score (nSPS) is 15.6. The SMILES string of the molecule is C[Si](C)=[Zr+2]([C]1=C(c2ccccc2)C(c2ccccc2)=C(c2ccccc2)C1c1ccccc1)[C]1=C(c2ccccc2)C(c2ccccc2)=C(c2ccccc2)C1c1ccccc1.[Cl-].[Cl-]. The van der Waals surface area contributed by atoms with E-state index in [-0.39, 0.29) is 36.6 Å². The van der Waals surface area contributed by atoms with E-state index in [0.717, 1.165) is 0 Å². The minimum absolute atomic E-state index is 0. The van der Waals surface area contributed by atoms with E-state index in [1.54, 1.807) is 6.56 Å². The zero-order valence-corrected chi connectivity index (χ0v) is 41.0. The summed E-state index contributed by atoms with van der Waals surface area (Å²) in [7, 11) is 0. The topological polar surface area (TPSA) is 0 Å². The molecule has 0 N–H and O–H groups in total. The summed E-state index contributed by atoms with van der Waals surface area (Å²) in [6.07, 6.45) is 0. The number of hydrogen-bond donors (Lipinski definition) is 0. The molecule has 4 heteroatoms. The molecule has 0 saturated heterocycles. The van der Waals surface area contributed by atoms with Crippen molar-refractivity contribution in [1.29, 1.82) is 0 Å². The predicted octanol–water partition coefficient (Wildman–Crippen LogP) is 9.50. The van der Waals surface area contributed by atoms with Crippen LogP contribution in [0, 0.1) is 0 Å². The summed E-state index contributed by atoms with van der Waals surface area (Å²) in [4.78, 5) is 0. The minimum atomic E-state index is -3.15. The molecular weight excluding hydrogens is 911 g/mol. The van der Waals surface area contributed by atoms with Gasteiger partial charge in [-0.05, 0) is 0 Å². The first kappa shape index (κ1) is 45.0. The molecule has 2 atom stereocenters. The van der Waals surface area contributed by atoms with E-state index in [0.29, 0.717) is 0 Å². The Labute approximate surface area is 399 Å². The van der Waals surface area contributed by atoms with Gasteiger partial charge in [0.2, 0.25) is 0 Å². The van der Waals surface area contributed by atoms with Crippen LogP contribution in [0.25, 0.3) is 33.4 Å². The van der Waals surface area contributed by atoms with Crippen molar-refractivity contribution in [3.63, 3.8) is 0 Å². The van der Waals surface area contributed by atoms with Crippen LogP contribution in [0.5, 0.6) is 0 Å². The number of hydrogen-bond acceptors (Lipinski definition) is 0. The molecule has 2 aliphatic rings. The molecule has 0 amide bonds. The van der Waals surface area contributed by atoms with E-state index in [2.05, 4.69) is 256 Å². The van der Waals surface area contributed by atoms with Gasteiger partial charge in [0.15, 0.2) is 0 Å². The van der Waals surface area contributed by atoms with Crippen molar-refractivity contribution in [2.24, 2.45) is 0 Å². The number of rotatable bonds is 10. The Bertz CT molecular complexity index is 2810. The van der Waals surface area contributed by atoms with Crippen LogP contribution in [-0.4, -0.2) is 5.43 Å². The summed E-state index contributed by atoms with van der Waals surface area (Å²) < 4.78 is 3.40. The van der Waals surface area contributed by atoms with Crippen molar-refractivity contribution in [2.45, 2.75) is 24.9 Å². The second kappa shape index (κ2) is 20.5. The molecule has 0 fully saturated rings. The van der Waals surface area contributed by atoms with E-state index in [1.165, 1.54) is 77.9 Å². The van der Waals surface area contributed by atoms with Gasteiger partial charge < -0.3 is 24.8 Å². The van der Waals surface area contributed by atoms with Crippen LogP contribution >= 0.6 is 0 Å². The summed E-state index contributed by atoms with van der Waals surface area (Å²) >= 11 is -3.15. The Kier molecular flexibility index (Phi) is 14.4. The molecule has 10 rings (SSSR count). The smallest absolute Gasteiger partial charge is 1.00 e. The molecule has 310 valence electrons. The van der Waals surface area contributed by atoms with E-state index in [4.69, 9.17) is 0 Å². The summed E-state index contributed by atoms with van der Waals surface area (Å²) in [5.74, 6) is 0.167. The number of allylic oxidation sites excluding steroid dienone is 8. The van der Waals surface area contributed by atoms with Crippen molar-refractivity contribution < 1.29 is 45.2 Å². The molecule has 64 heavy (non-hydrogen) atoms. The molecule has 0 nitrogen and oxygen atoms in total. The second-order valence-electron chi connectivity index (χ2n) is 16.4. The van der Waals surface area contributed by atoms with Crippen LogP contribution in [0.4, 0.5) is 0 Å². The van der Waals surface area contributed by atoms with Crippen LogP contribution in [-0.2, 0) is 20.4 Å². The summed E-state index contributed by atoms with van der Waals surface area (Å²) in [5.41, 5.74) is 18.0. The fourth-order valence-corrected chi connectivity index (χ4v) is 28.5. The Balaban J connectivity index is 0.00000280. The monoisotopic (exact) mass is 956 g/mol. The maximum absolute atomic E-state index is 3.15. The first-order chi connectivity index (χ1) is 30.7. The van der Waals surface area contributed by atoms with Gasteiger partial charge in [-0.3, -0.25) is 0 Å². The largest absolute Gasteiger partial charge is 1.00 e. The van der Waals surface area contributed by atoms with Crippen LogP contribution in [0.2, 0.25) is 13.1 Å². The van der Waals surface area contributed by atoms with Crippen LogP contribution in [0.3, 0.4) is 0 Å². The molecule has 0 aromatic heterocycles. The van der Waals surface area contributed by atoms with Gasteiger partial charge in [-0.15, -0.1) is 0 Å². The zero-order valence-electron chi connectivity index (χ0n) is 36.0. The third-order valence-electron chi connectivity index (χ3n) is 12.5. The molecule has 0 aliphatic heterocycles. The number of halogens is 2. The maximum atomic E-state index is 2.65. The Hall–Kier alpha value is -5.60. The average molecular weight is 959 g/mol. The van der Waals surface area contributed by atoms with Gasteiger partial charge in [-0.2, -0.15) is 0 Å². The second-order valence-corrected chi connectivity index (χ2v) is 33.2. The van der Waals surface area contributed by atoms with Crippen LogP contribution in [0.15, 0.2) is 249 Å². The summed E-state index contributed by atoms with van der Waals surface area (Å²) in [6, 6.07) is 91.0. The molecule has 0 bridgehead atoms.